The summed E-state index contributed by atoms with van der Waals surface area (Å²) in [6.07, 6.45) is 0.212. The van der Waals surface area contributed by atoms with E-state index in [9.17, 15) is 4.79 Å². The standard InChI is InChI=1S/C10H19NO2S/c1-6(2)9-11-7(5-8(12)13)10(3,4)14-9/h6-7,9,11H,5H2,1-4H3,(H,12,13). The number of aliphatic carboxylic acids is 1. The lowest BCUT2D eigenvalue weighted by Crippen LogP contribution is -2.40. The molecule has 0 radical (unpaired) electrons. The van der Waals surface area contributed by atoms with Crippen molar-refractivity contribution in [2.75, 3.05) is 0 Å². The summed E-state index contributed by atoms with van der Waals surface area (Å²) in [7, 11) is 0. The summed E-state index contributed by atoms with van der Waals surface area (Å²) in [6.45, 7) is 8.54. The predicted molar refractivity (Wildman–Crippen MR) is 59.5 cm³/mol. The van der Waals surface area contributed by atoms with Crippen LogP contribution in [0.1, 0.15) is 34.1 Å². The van der Waals surface area contributed by atoms with Gasteiger partial charge in [-0.25, -0.2) is 0 Å². The summed E-state index contributed by atoms with van der Waals surface area (Å²) in [5.74, 6) is -0.182. The molecule has 1 aliphatic heterocycles. The fourth-order valence-electron chi connectivity index (χ4n) is 1.65. The molecular weight excluding hydrogens is 198 g/mol. The molecule has 4 heteroatoms. The third kappa shape index (κ3) is 2.64. The van der Waals surface area contributed by atoms with Gasteiger partial charge in [0.1, 0.15) is 0 Å². The van der Waals surface area contributed by atoms with Crippen LogP contribution >= 0.6 is 11.8 Å². The monoisotopic (exact) mass is 217 g/mol. The SMILES string of the molecule is CC(C)C1NC(CC(=O)O)C(C)(C)S1. The average Bonchev–Trinajstić information content (AvgIpc) is 2.26. The van der Waals surface area contributed by atoms with E-state index in [1.807, 2.05) is 11.8 Å². The highest BCUT2D eigenvalue weighted by Gasteiger charge is 2.42. The van der Waals surface area contributed by atoms with Gasteiger partial charge < -0.3 is 10.4 Å². The number of carboxylic acids is 1. The quantitative estimate of drug-likeness (QED) is 0.758. The molecule has 1 heterocycles. The van der Waals surface area contributed by atoms with Crippen LogP contribution < -0.4 is 5.32 Å². The van der Waals surface area contributed by atoms with Crippen LogP contribution in [-0.2, 0) is 4.79 Å². The van der Waals surface area contributed by atoms with Crippen LogP contribution in [0.3, 0.4) is 0 Å². The fourth-order valence-corrected chi connectivity index (χ4v) is 3.12. The maximum absolute atomic E-state index is 10.7. The molecule has 0 aromatic carbocycles. The summed E-state index contributed by atoms with van der Waals surface area (Å²) in [4.78, 5) is 10.7. The minimum Gasteiger partial charge on any atom is -0.481 e. The Hall–Kier alpha value is -0.220. The van der Waals surface area contributed by atoms with Crippen molar-refractivity contribution in [1.29, 1.82) is 0 Å². The fraction of sp³-hybridized carbons (Fsp3) is 0.900. The molecule has 1 fully saturated rings. The molecule has 14 heavy (non-hydrogen) atoms. The maximum atomic E-state index is 10.7. The van der Waals surface area contributed by atoms with Crippen LogP contribution in [0.2, 0.25) is 0 Å². The third-order valence-corrected chi connectivity index (χ3v) is 4.45. The first-order valence-corrected chi connectivity index (χ1v) is 5.86. The molecule has 2 unspecified atom stereocenters. The van der Waals surface area contributed by atoms with E-state index in [1.165, 1.54) is 0 Å². The highest BCUT2D eigenvalue weighted by atomic mass is 32.2. The average molecular weight is 217 g/mol. The molecule has 2 N–H and O–H groups in total. The van der Waals surface area contributed by atoms with Gasteiger partial charge in [0.25, 0.3) is 0 Å². The molecule has 1 aliphatic rings. The van der Waals surface area contributed by atoms with Gasteiger partial charge in [-0.2, -0.15) is 0 Å². The summed E-state index contributed by atoms with van der Waals surface area (Å²) < 4.78 is 0.0212. The van der Waals surface area contributed by atoms with Crippen molar-refractivity contribution < 1.29 is 9.90 Å². The summed E-state index contributed by atoms with van der Waals surface area (Å²) in [5.41, 5.74) is 0. The van der Waals surface area contributed by atoms with Crippen LogP contribution in [0.15, 0.2) is 0 Å². The summed E-state index contributed by atoms with van der Waals surface area (Å²) in [6, 6.07) is 0.0809. The molecule has 0 spiro atoms. The van der Waals surface area contributed by atoms with Crippen LogP contribution in [-0.4, -0.2) is 27.2 Å². The number of hydrogen-bond acceptors (Lipinski definition) is 3. The van der Waals surface area contributed by atoms with Crippen molar-refractivity contribution in [1.82, 2.24) is 5.32 Å². The first kappa shape index (κ1) is 11.9. The summed E-state index contributed by atoms with van der Waals surface area (Å²) in [5, 5.41) is 12.6. The molecule has 0 aromatic heterocycles. The highest BCUT2D eigenvalue weighted by Crippen LogP contribution is 2.41. The van der Waals surface area contributed by atoms with Crippen molar-refractivity contribution in [2.24, 2.45) is 5.92 Å². The number of thioether (sulfide) groups is 1. The van der Waals surface area contributed by atoms with Crippen molar-refractivity contribution in [3.05, 3.63) is 0 Å². The molecule has 3 nitrogen and oxygen atoms in total. The number of nitrogens with one attached hydrogen (secondary N) is 1. The lowest BCUT2D eigenvalue weighted by Gasteiger charge is -2.23. The van der Waals surface area contributed by atoms with Gasteiger partial charge in [-0.1, -0.05) is 13.8 Å². The number of rotatable bonds is 3. The van der Waals surface area contributed by atoms with Crippen molar-refractivity contribution >= 4 is 17.7 Å². The maximum Gasteiger partial charge on any atom is 0.304 e. The second kappa shape index (κ2) is 4.11. The molecule has 0 saturated carbocycles. The Kier molecular flexibility index (Phi) is 3.48. The van der Waals surface area contributed by atoms with E-state index in [4.69, 9.17) is 5.11 Å². The number of carbonyl (C=O) groups is 1. The van der Waals surface area contributed by atoms with Crippen LogP contribution in [0.25, 0.3) is 0 Å². The van der Waals surface area contributed by atoms with Crippen molar-refractivity contribution in [3.8, 4) is 0 Å². The summed E-state index contributed by atoms with van der Waals surface area (Å²) >= 11 is 1.85. The Balaban J connectivity index is 2.64. The topological polar surface area (TPSA) is 49.3 Å². The molecule has 0 aromatic rings. The number of hydrogen-bond donors (Lipinski definition) is 2. The van der Waals surface area contributed by atoms with Gasteiger partial charge in [-0.05, 0) is 19.8 Å². The zero-order valence-electron chi connectivity index (χ0n) is 9.20. The molecule has 0 aliphatic carbocycles. The van der Waals surface area contributed by atoms with Gasteiger partial charge >= 0.3 is 5.97 Å². The second-order valence-corrected chi connectivity index (χ2v) is 6.50. The first-order chi connectivity index (χ1) is 6.33. The Morgan fingerprint density at radius 2 is 2.14 bits per heavy atom. The van der Waals surface area contributed by atoms with E-state index in [0.29, 0.717) is 11.3 Å². The van der Waals surface area contributed by atoms with Crippen LogP contribution in [0.4, 0.5) is 0 Å². The van der Waals surface area contributed by atoms with Gasteiger partial charge in [0.05, 0.1) is 11.8 Å². The second-order valence-electron chi connectivity index (χ2n) is 4.70. The van der Waals surface area contributed by atoms with E-state index >= 15 is 0 Å². The Morgan fingerprint density at radius 1 is 1.57 bits per heavy atom. The van der Waals surface area contributed by atoms with Crippen LogP contribution in [0, 0.1) is 5.92 Å². The minimum absolute atomic E-state index is 0.0212. The Labute approximate surface area is 89.6 Å². The van der Waals surface area contributed by atoms with Gasteiger partial charge in [-0.15, -0.1) is 11.8 Å². The zero-order chi connectivity index (χ0) is 10.9. The van der Waals surface area contributed by atoms with Crippen molar-refractivity contribution in [3.63, 3.8) is 0 Å². The Morgan fingerprint density at radius 3 is 2.50 bits per heavy atom. The molecular formula is C10H19NO2S. The predicted octanol–water partition coefficient (Wildman–Crippen LogP) is 1.93. The van der Waals surface area contributed by atoms with E-state index < -0.39 is 5.97 Å². The lowest BCUT2D eigenvalue weighted by atomic mass is 10.00. The first-order valence-electron chi connectivity index (χ1n) is 4.98. The zero-order valence-corrected chi connectivity index (χ0v) is 10.0. The van der Waals surface area contributed by atoms with E-state index in [-0.39, 0.29) is 17.2 Å². The highest BCUT2D eigenvalue weighted by molar-refractivity contribution is 8.01. The molecule has 1 saturated heterocycles. The normalized spacial score (nSPS) is 30.9. The molecule has 82 valence electrons. The largest absolute Gasteiger partial charge is 0.481 e. The van der Waals surface area contributed by atoms with Gasteiger partial charge in [0.15, 0.2) is 0 Å². The molecule has 0 amide bonds. The molecule has 1 rings (SSSR count). The van der Waals surface area contributed by atoms with E-state index in [0.717, 1.165) is 0 Å². The van der Waals surface area contributed by atoms with Crippen LogP contribution in [0.5, 0.6) is 0 Å². The third-order valence-electron chi connectivity index (χ3n) is 2.62. The van der Waals surface area contributed by atoms with Crippen molar-refractivity contribution in [2.45, 2.75) is 50.3 Å². The van der Waals surface area contributed by atoms with Gasteiger partial charge in [0, 0.05) is 10.8 Å². The molecule has 2 atom stereocenters. The molecule has 0 bridgehead atoms. The van der Waals surface area contributed by atoms with Gasteiger partial charge in [-0.3, -0.25) is 4.79 Å². The lowest BCUT2D eigenvalue weighted by molar-refractivity contribution is -0.137. The van der Waals surface area contributed by atoms with E-state index in [2.05, 4.69) is 33.0 Å². The number of carboxylic acid groups (broad SMARTS) is 1. The Bertz CT molecular complexity index is 228. The van der Waals surface area contributed by atoms with E-state index in [1.54, 1.807) is 0 Å². The smallest absolute Gasteiger partial charge is 0.304 e. The van der Waals surface area contributed by atoms with Gasteiger partial charge in [0.2, 0.25) is 0 Å². The minimum atomic E-state index is -0.722.